The molecule has 162 valence electrons. The molecule has 0 spiro atoms. The fourth-order valence-corrected chi connectivity index (χ4v) is 2.91. The fraction of sp³-hybridized carbons (Fsp3) is 0.682. The van der Waals surface area contributed by atoms with Gasteiger partial charge < -0.3 is 20.5 Å². The van der Waals surface area contributed by atoms with Crippen LogP contribution in [0, 0.1) is 11.8 Å². The second-order valence-electron chi connectivity index (χ2n) is 7.76. The molecule has 0 saturated heterocycles. The molecule has 0 aliphatic rings. The lowest BCUT2D eigenvalue weighted by Crippen LogP contribution is -2.40. The minimum Gasteiger partial charge on any atom is -0.396 e. The smallest absolute Gasteiger partial charge is 0.191 e. The Hall–Kier alpha value is -0.860. The van der Waals surface area contributed by atoms with Crippen LogP contribution in [0.5, 0.6) is 0 Å². The van der Waals surface area contributed by atoms with Gasteiger partial charge in [-0.25, -0.2) is 4.99 Å². The van der Waals surface area contributed by atoms with Crippen molar-refractivity contribution < 1.29 is 9.84 Å². The first-order valence-electron chi connectivity index (χ1n) is 10.3. The molecule has 6 heteroatoms. The lowest BCUT2D eigenvalue weighted by molar-refractivity contribution is 0.0657. The predicted molar refractivity (Wildman–Crippen MR) is 129 cm³/mol. The zero-order valence-corrected chi connectivity index (χ0v) is 20.5. The predicted octanol–water partition coefficient (Wildman–Crippen LogP) is 4.33. The lowest BCUT2D eigenvalue weighted by atomic mass is 9.94. The van der Waals surface area contributed by atoms with Crippen LogP contribution >= 0.6 is 24.0 Å². The van der Waals surface area contributed by atoms with Crippen LogP contribution in [-0.2, 0) is 17.9 Å². The number of hydrogen-bond donors (Lipinski definition) is 3. The van der Waals surface area contributed by atoms with Gasteiger partial charge in [-0.3, -0.25) is 0 Å². The van der Waals surface area contributed by atoms with Gasteiger partial charge in [-0.05, 0) is 56.6 Å². The lowest BCUT2D eigenvalue weighted by Gasteiger charge is -2.20. The maximum atomic E-state index is 9.28. The monoisotopic (exact) mass is 505 g/mol. The Labute approximate surface area is 188 Å². The van der Waals surface area contributed by atoms with Gasteiger partial charge in [-0.2, -0.15) is 0 Å². The van der Waals surface area contributed by atoms with Crippen LogP contribution in [0.4, 0.5) is 0 Å². The van der Waals surface area contributed by atoms with Gasteiger partial charge >= 0.3 is 0 Å². The Bertz CT molecular complexity index is 533. The highest BCUT2D eigenvalue weighted by Gasteiger charge is 2.11. The molecule has 0 aliphatic heterocycles. The number of ether oxygens (including phenoxy) is 1. The van der Waals surface area contributed by atoms with Gasteiger partial charge in [0.2, 0.25) is 0 Å². The zero-order chi connectivity index (χ0) is 20.1. The minimum absolute atomic E-state index is 0. The summed E-state index contributed by atoms with van der Waals surface area (Å²) < 4.78 is 5.63. The number of halogens is 1. The molecule has 0 aliphatic carbocycles. The van der Waals surface area contributed by atoms with Crippen LogP contribution in [0.2, 0.25) is 0 Å². The van der Waals surface area contributed by atoms with Crippen molar-refractivity contribution in [3.63, 3.8) is 0 Å². The summed E-state index contributed by atoms with van der Waals surface area (Å²) in [5.74, 6) is 1.91. The fourth-order valence-electron chi connectivity index (χ4n) is 2.91. The summed E-state index contributed by atoms with van der Waals surface area (Å²) in [5, 5.41) is 16.0. The molecule has 28 heavy (non-hydrogen) atoms. The maximum absolute atomic E-state index is 9.28. The summed E-state index contributed by atoms with van der Waals surface area (Å²) in [6, 6.07) is 8.43. The van der Waals surface area contributed by atoms with Crippen LogP contribution in [0.15, 0.2) is 29.3 Å². The van der Waals surface area contributed by atoms with Crippen LogP contribution in [0.1, 0.15) is 58.6 Å². The third kappa shape index (κ3) is 12.6. The Kier molecular flexibility index (Phi) is 15.5. The molecule has 1 aromatic rings. The van der Waals surface area contributed by atoms with E-state index in [2.05, 4.69) is 55.7 Å². The molecule has 0 bridgehead atoms. The van der Waals surface area contributed by atoms with Crippen molar-refractivity contribution in [2.24, 2.45) is 16.8 Å². The molecule has 0 saturated carbocycles. The number of hydrogen-bond acceptors (Lipinski definition) is 3. The van der Waals surface area contributed by atoms with E-state index >= 15 is 0 Å². The molecule has 3 N–H and O–H groups in total. The van der Waals surface area contributed by atoms with Crippen molar-refractivity contribution >= 4 is 29.9 Å². The minimum atomic E-state index is 0. The van der Waals surface area contributed by atoms with Gasteiger partial charge in [0.15, 0.2) is 5.96 Å². The highest BCUT2D eigenvalue weighted by molar-refractivity contribution is 14.0. The Balaban J connectivity index is 0.00000729. The first-order chi connectivity index (χ1) is 12.9. The highest BCUT2D eigenvalue weighted by atomic mass is 127. The average molecular weight is 505 g/mol. The molecule has 1 rings (SSSR count). The van der Waals surface area contributed by atoms with Crippen molar-refractivity contribution in [1.29, 1.82) is 0 Å². The average Bonchev–Trinajstić information content (AvgIpc) is 2.62. The van der Waals surface area contributed by atoms with Crippen molar-refractivity contribution in [1.82, 2.24) is 10.6 Å². The van der Waals surface area contributed by atoms with Crippen molar-refractivity contribution in [2.45, 2.75) is 66.7 Å². The molecule has 5 nitrogen and oxygen atoms in total. The summed E-state index contributed by atoms with van der Waals surface area (Å²) in [6.45, 7) is 13.8. The molecular weight excluding hydrogens is 465 g/mol. The quantitative estimate of drug-likeness (QED) is 0.225. The standard InChI is InChI=1S/C22H39N3O2.HI/c1-6-23-22(25-15-21(11-12-26)13-17(2)3)24-14-19-7-9-20(10-8-19)16-27-18(4)5;/h7-10,17-18,21,26H,6,11-16H2,1-5H3,(H2,23,24,25);1H. The Morgan fingerprint density at radius 2 is 1.71 bits per heavy atom. The van der Waals surface area contributed by atoms with Gasteiger partial charge in [-0.15, -0.1) is 24.0 Å². The normalized spacial score (nSPS) is 12.8. The molecule has 1 atom stereocenters. The van der Waals surface area contributed by atoms with E-state index in [-0.39, 0.29) is 36.7 Å². The van der Waals surface area contributed by atoms with Crippen molar-refractivity contribution in [3.8, 4) is 0 Å². The van der Waals surface area contributed by atoms with E-state index in [0.29, 0.717) is 25.0 Å². The van der Waals surface area contributed by atoms with E-state index in [1.165, 1.54) is 11.1 Å². The van der Waals surface area contributed by atoms with Gasteiger partial charge in [0.05, 0.1) is 19.3 Å². The first-order valence-corrected chi connectivity index (χ1v) is 10.3. The number of aliphatic hydroxyl groups is 1. The second kappa shape index (κ2) is 16.0. The number of aliphatic imine (C=N–C) groups is 1. The Morgan fingerprint density at radius 3 is 2.25 bits per heavy atom. The first kappa shape index (κ1) is 27.1. The topological polar surface area (TPSA) is 65.9 Å². The van der Waals surface area contributed by atoms with E-state index in [1.807, 2.05) is 13.8 Å². The van der Waals surface area contributed by atoms with Crippen LogP contribution < -0.4 is 10.6 Å². The number of rotatable bonds is 12. The van der Waals surface area contributed by atoms with Crippen LogP contribution in [0.3, 0.4) is 0 Å². The van der Waals surface area contributed by atoms with E-state index < -0.39 is 0 Å². The molecular formula is C22H40IN3O2. The van der Waals surface area contributed by atoms with Crippen LogP contribution in [0.25, 0.3) is 0 Å². The van der Waals surface area contributed by atoms with Gasteiger partial charge in [0, 0.05) is 19.7 Å². The molecule has 0 heterocycles. The van der Waals surface area contributed by atoms with E-state index in [9.17, 15) is 5.11 Å². The summed E-state index contributed by atoms with van der Waals surface area (Å²) in [7, 11) is 0. The molecule has 0 radical (unpaired) electrons. The second-order valence-corrected chi connectivity index (χ2v) is 7.76. The molecule has 1 aromatic carbocycles. The molecule has 0 aromatic heterocycles. The Morgan fingerprint density at radius 1 is 1.07 bits per heavy atom. The van der Waals surface area contributed by atoms with Gasteiger partial charge in [0.1, 0.15) is 0 Å². The molecule has 0 amide bonds. The third-order valence-electron chi connectivity index (χ3n) is 4.27. The largest absolute Gasteiger partial charge is 0.396 e. The van der Waals surface area contributed by atoms with Crippen molar-refractivity contribution in [3.05, 3.63) is 35.4 Å². The number of nitrogens with one attached hydrogen (secondary N) is 2. The van der Waals surface area contributed by atoms with Crippen LogP contribution in [-0.4, -0.2) is 36.9 Å². The van der Waals surface area contributed by atoms with E-state index in [1.54, 1.807) is 0 Å². The number of aliphatic hydroxyl groups excluding tert-OH is 1. The SMILES string of the molecule is CCNC(=NCc1ccc(COC(C)C)cc1)NCC(CCO)CC(C)C.I. The number of benzene rings is 1. The van der Waals surface area contributed by atoms with E-state index in [4.69, 9.17) is 9.73 Å². The highest BCUT2D eigenvalue weighted by Crippen LogP contribution is 2.14. The summed E-state index contributed by atoms with van der Waals surface area (Å²) in [5.41, 5.74) is 2.36. The molecule has 0 fully saturated rings. The molecule has 1 unspecified atom stereocenters. The number of guanidine groups is 1. The van der Waals surface area contributed by atoms with Gasteiger partial charge in [0.25, 0.3) is 0 Å². The summed E-state index contributed by atoms with van der Waals surface area (Å²) in [6.07, 6.45) is 2.17. The summed E-state index contributed by atoms with van der Waals surface area (Å²) >= 11 is 0. The zero-order valence-electron chi connectivity index (χ0n) is 18.2. The number of nitrogens with zero attached hydrogens (tertiary/aromatic N) is 1. The van der Waals surface area contributed by atoms with E-state index in [0.717, 1.165) is 31.9 Å². The third-order valence-corrected chi connectivity index (χ3v) is 4.27. The summed E-state index contributed by atoms with van der Waals surface area (Å²) in [4.78, 5) is 4.70. The van der Waals surface area contributed by atoms with Gasteiger partial charge in [-0.1, -0.05) is 38.1 Å². The van der Waals surface area contributed by atoms with Crippen molar-refractivity contribution in [2.75, 3.05) is 19.7 Å². The maximum Gasteiger partial charge on any atom is 0.191 e.